The molecule has 0 heterocycles. The highest BCUT2D eigenvalue weighted by Gasteiger charge is 2.31. The first kappa shape index (κ1) is 8.35. The fraction of sp³-hybridized carbons (Fsp3) is 0.125. The standard InChI is InChI=1S/C16H12/c1-2-8-13-12(7-1)14-9-3-5-11-6-4-10-15(13)16(11)14/h1-9,11H,10H2. The van der Waals surface area contributed by atoms with Gasteiger partial charge in [-0.3, -0.25) is 0 Å². The van der Waals surface area contributed by atoms with Gasteiger partial charge in [0.1, 0.15) is 0 Å². The molecule has 0 radical (unpaired) electrons. The van der Waals surface area contributed by atoms with Crippen LogP contribution >= 0.6 is 0 Å². The van der Waals surface area contributed by atoms with Gasteiger partial charge in [0.05, 0.1) is 0 Å². The average molecular weight is 204 g/mol. The normalized spacial score (nSPS) is 24.2. The second-order valence-corrected chi connectivity index (χ2v) is 4.56. The van der Waals surface area contributed by atoms with Gasteiger partial charge in [-0.05, 0) is 34.3 Å². The Balaban J connectivity index is 2.06. The quantitative estimate of drug-likeness (QED) is 0.561. The highest BCUT2D eigenvalue weighted by atomic mass is 14.3. The van der Waals surface area contributed by atoms with Crippen molar-refractivity contribution in [1.29, 1.82) is 0 Å². The van der Waals surface area contributed by atoms with Crippen LogP contribution in [0.4, 0.5) is 0 Å². The smallest absolute Gasteiger partial charge is 0.0211 e. The Morgan fingerprint density at radius 2 is 1.88 bits per heavy atom. The molecule has 0 saturated heterocycles. The third-order valence-electron chi connectivity index (χ3n) is 3.74. The number of rotatable bonds is 0. The maximum absolute atomic E-state index is 2.33. The molecule has 0 heteroatoms. The van der Waals surface area contributed by atoms with Crippen LogP contribution in [0.3, 0.4) is 0 Å². The van der Waals surface area contributed by atoms with E-state index in [2.05, 4.69) is 54.6 Å². The highest BCUT2D eigenvalue weighted by molar-refractivity contribution is 6.02. The summed E-state index contributed by atoms with van der Waals surface area (Å²) in [5.74, 6) is 0.510. The van der Waals surface area contributed by atoms with E-state index in [1.54, 1.807) is 11.1 Å². The van der Waals surface area contributed by atoms with Crippen LogP contribution < -0.4 is 0 Å². The molecule has 1 aromatic carbocycles. The fourth-order valence-electron chi connectivity index (χ4n) is 3.07. The molecule has 0 fully saturated rings. The van der Waals surface area contributed by atoms with Crippen molar-refractivity contribution in [3.8, 4) is 0 Å². The lowest BCUT2D eigenvalue weighted by Gasteiger charge is -2.20. The predicted molar refractivity (Wildman–Crippen MR) is 67.7 cm³/mol. The van der Waals surface area contributed by atoms with E-state index in [0.29, 0.717) is 5.92 Å². The Hall–Kier alpha value is -1.82. The molecule has 0 amide bonds. The van der Waals surface area contributed by atoms with Crippen molar-refractivity contribution in [1.82, 2.24) is 0 Å². The van der Waals surface area contributed by atoms with E-state index < -0.39 is 0 Å². The number of allylic oxidation sites excluding steroid dienone is 8. The topological polar surface area (TPSA) is 0 Å². The van der Waals surface area contributed by atoms with E-state index >= 15 is 0 Å². The Labute approximate surface area is 95.3 Å². The molecule has 0 N–H and O–H groups in total. The van der Waals surface area contributed by atoms with E-state index in [4.69, 9.17) is 0 Å². The molecule has 0 bridgehead atoms. The second kappa shape index (κ2) is 2.85. The van der Waals surface area contributed by atoms with Crippen LogP contribution in [0.5, 0.6) is 0 Å². The number of benzene rings is 1. The molecule has 0 nitrogen and oxygen atoms in total. The van der Waals surface area contributed by atoms with Crippen LogP contribution in [0.1, 0.15) is 17.5 Å². The molecular formula is C16H12. The minimum atomic E-state index is 0.510. The maximum Gasteiger partial charge on any atom is 0.0211 e. The van der Waals surface area contributed by atoms with Crippen molar-refractivity contribution < 1.29 is 0 Å². The van der Waals surface area contributed by atoms with Crippen LogP contribution in [0.25, 0.3) is 11.1 Å². The van der Waals surface area contributed by atoms with Gasteiger partial charge < -0.3 is 0 Å². The van der Waals surface area contributed by atoms with Gasteiger partial charge in [-0.1, -0.05) is 54.6 Å². The van der Waals surface area contributed by atoms with Crippen molar-refractivity contribution in [2.45, 2.75) is 6.42 Å². The molecule has 16 heavy (non-hydrogen) atoms. The van der Waals surface area contributed by atoms with Crippen molar-refractivity contribution in [3.05, 3.63) is 71.3 Å². The fourth-order valence-corrected chi connectivity index (χ4v) is 3.07. The first-order valence-electron chi connectivity index (χ1n) is 5.83. The Morgan fingerprint density at radius 1 is 1.00 bits per heavy atom. The molecule has 0 spiro atoms. The van der Waals surface area contributed by atoms with Gasteiger partial charge in [-0.2, -0.15) is 0 Å². The molecule has 3 aliphatic carbocycles. The lowest BCUT2D eigenvalue weighted by atomic mass is 9.83. The molecule has 0 saturated carbocycles. The summed E-state index contributed by atoms with van der Waals surface area (Å²) in [6.07, 6.45) is 12.5. The second-order valence-electron chi connectivity index (χ2n) is 4.56. The van der Waals surface area contributed by atoms with Crippen LogP contribution in [0.2, 0.25) is 0 Å². The summed E-state index contributed by atoms with van der Waals surface area (Å²) in [4.78, 5) is 0. The first-order chi connectivity index (χ1) is 7.95. The van der Waals surface area contributed by atoms with Crippen LogP contribution in [-0.2, 0) is 0 Å². The minimum Gasteiger partial charge on any atom is -0.0832 e. The summed E-state index contributed by atoms with van der Waals surface area (Å²) in [5.41, 5.74) is 7.40. The highest BCUT2D eigenvalue weighted by Crippen LogP contribution is 2.49. The van der Waals surface area contributed by atoms with E-state index in [-0.39, 0.29) is 0 Å². The molecule has 4 rings (SSSR count). The minimum absolute atomic E-state index is 0.510. The van der Waals surface area contributed by atoms with Crippen LogP contribution in [0, 0.1) is 5.92 Å². The summed E-state index contributed by atoms with van der Waals surface area (Å²) < 4.78 is 0. The van der Waals surface area contributed by atoms with E-state index in [0.717, 1.165) is 6.42 Å². The van der Waals surface area contributed by atoms with E-state index in [1.807, 2.05) is 0 Å². The molecular weight excluding hydrogens is 192 g/mol. The molecule has 0 aliphatic heterocycles. The van der Waals surface area contributed by atoms with Gasteiger partial charge >= 0.3 is 0 Å². The average Bonchev–Trinajstić information content (AvgIpc) is 2.68. The number of hydrogen-bond donors (Lipinski definition) is 0. The SMILES string of the molecule is C1=CC2C=CCC3=C2C(=C1)c1ccccc13. The Bertz CT molecular complexity index is 594. The lowest BCUT2D eigenvalue weighted by molar-refractivity contribution is 0.980. The molecule has 1 atom stereocenters. The largest absolute Gasteiger partial charge is 0.0832 e. The predicted octanol–water partition coefficient (Wildman–Crippen LogP) is 3.98. The van der Waals surface area contributed by atoms with E-state index in [9.17, 15) is 0 Å². The third-order valence-corrected chi connectivity index (χ3v) is 3.74. The molecule has 0 aromatic heterocycles. The van der Waals surface area contributed by atoms with Gasteiger partial charge in [0.2, 0.25) is 0 Å². The zero-order chi connectivity index (χ0) is 10.5. The number of fused-ring (bicyclic) bond motifs is 3. The monoisotopic (exact) mass is 204 g/mol. The summed E-state index contributed by atoms with van der Waals surface area (Å²) in [6, 6.07) is 8.78. The van der Waals surface area contributed by atoms with Gasteiger partial charge in [0.25, 0.3) is 0 Å². The van der Waals surface area contributed by atoms with Gasteiger partial charge in [-0.25, -0.2) is 0 Å². The Kier molecular flexibility index (Phi) is 1.49. The zero-order valence-electron chi connectivity index (χ0n) is 8.98. The summed E-state index contributed by atoms with van der Waals surface area (Å²) in [7, 11) is 0. The number of hydrogen-bond acceptors (Lipinski definition) is 0. The summed E-state index contributed by atoms with van der Waals surface area (Å²) in [6.45, 7) is 0. The zero-order valence-corrected chi connectivity index (χ0v) is 8.98. The Morgan fingerprint density at radius 3 is 2.81 bits per heavy atom. The van der Waals surface area contributed by atoms with Crippen molar-refractivity contribution in [2.75, 3.05) is 0 Å². The van der Waals surface area contributed by atoms with Crippen molar-refractivity contribution in [3.63, 3.8) is 0 Å². The van der Waals surface area contributed by atoms with Gasteiger partial charge in [0.15, 0.2) is 0 Å². The van der Waals surface area contributed by atoms with Crippen molar-refractivity contribution >= 4 is 11.1 Å². The van der Waals surface area contributed by atoms with E-state index in [1.165, 1.54) is 16.7 Å². The van der Waals surface area contributed by atoms with Gasteiger partial charge in [0, 0.05) is 5.92 Å². The molecule has 76 valence electrons. The molecule has 3 aliphatic rings. The maximum atomic E-state index is 2.33. The molecule has 1 aromatic rings. The van der Waals surface area contributed by atoms with Crippen LogP contribution in [-0.4, -0.2) is 0 Å². The lowest BCUT2D eigenvalue weighted by Crippen LogP contribution is -2.04. The van der Waals surface area contributed by atoms with Crippen LogP contribution in [0.15, 0.2) is 60.2 Å². The van der Waals surface area contributed by atoms with Crippen molar-refractivity contribution in [2.24, 2.45) is 5.92 Å². The van der Waals surface area contributed by atoms with Gasteiger partial charge in [-0.15, -0.1) is 0 Å². The molecule has 1 unspecified atom stereocenters. The summed E-state index contributed by atoms with van der Waals surface area (Å²) in [5, 5.41) is 0. The first-order valence-corrected chi connectivity index (χ1v) is 5.83. The third kappa shape index (κ3) is 0.898. The summed E-state index contributed by atoms with van der Waals surface area (Å²) >= 11 is 0.